The second-order valence-corrected chi connectivity index (χ2v) is 9.58. The number of hydrogen-bond acceptors (Lipinski definition) is 0. The molecule has 0 amide bonds. The van der Waals surface area contributed by atoms with Gasteiger partial charge in [0.2, 0.25) is 0 Å². The molecule has 0 aliphatic rings. The molecule has 4 rings (SSSR count). The van der Waals surface area contributed by atoms with Crippen LogP contribution in [0.4, 0.5) is 0 Å². The van der Waals surface area contributed by atoms with Gasteiger partial charge in [-0.05, 0) is 0 Å². The monoisotopic (exact) mass is 336 g/mol. The van der Waals surface area contributed by atoms with Crippen molar-refractivity contribution in [1.29, 1.82) is 0 Å². The van der Waals surface area contributed by atoms with Crippen LogP contribution in [0.15, 0.2) is 48.5 Å². The maximum absolute atomic E-state index is 2.30. The van der Waals surface area contributed by atoms with Crippen molar-refractivity contribution >= 4 is 56.8 Å². The van der Waals surface area contributed by atoms with E-state index in [1.54, 1.807) is 17.0 Å². The van der Waals surface area contributed by atoms with Crippen LogP contribution in [0.25, 0.3) is 27.8 Å². The first-order valence-electron chi connectivity index (χ1n) is 5.22. The third-order valence-electron chi connectivity index (χ3n) is 2.92. The molecule has 0 aliphatic carbocycles. The molecular formula is C14H8Se2. The Bertz CT molecular complexity index is 740. The molecule has 0 saturated carbocycles. The Morgan fingerprint density at radius 3 is 1.69 bits per heavy atom. The summed E-state index contributed by atoms with van der Waals surface area (Å²) in [5.41, 5.74) is 0. The van der Waals surface area contributed by atoms with E-state index in [9.17, 15) is 0 Å². The summed E-state index contributed by atoms with van der Waals surface area (Å²) < 4.78 is 4.90. The van der Waals surface area contributed by atoms with Crippen LogP contribution in [-0.2, 0) is 0 Å². The van der Waals surface area contributed by atoms with E-state index < -0.39 is 0 Å². The van der Waals surface area contributed by atoms with Gasteiger partial charge in [0.05, 0.1) is 0 Å². The molecule has 0 aliphatic heterocycles. The van der Waals surface area contributed by atoms with Crippen LogP contribution >= 0.6 is 0 Å². The number of fused-ring (bicyclic) bond motifs is 5. The predicted molar refractivity (Wildman–Crippen MR) is 72.8 cm³/mol. The zero-order chi connectivity index (χ0) is 10.5. The van der Waals surface area contributed by atoms with E-state index in [0.717, 1.165) is 0 Å². The third kappa shape index (κ3) is 1.16. The van der Waals surface area contributed by atoms with Crippen LogP contribution in [0.1, 0.15) is 0 Å². The van der Waals surface area contributed by atoms with E-state index in [1.807, 2.05) is 0 Å². The van der Waals surface area contributed by atoms with E-state index in [-0.39, 0.29) is 0 Å². The van der Waals surface area contributed by atoms with Crippen molar-refractivity contribution in [2.24, 2.45) is 0 Å². The molecule has 76 valence electrons. The van der Waals surface area contributed by atoms with Gasteiger partial charge in [0.15, 0.2) is 0 Å². The minimum atomic E-state index is 0.588. The van der Waals surface area contributed by atoms with Crippen molar-refractivity contribution in [2.45, 2.75) is 0 Å². The van der Waals surface area contributed by atoms with E-state index in [4.69, 9.17) is 0 Å². The minimum absolute atomic E-state index is 0.588. The van der Waals surface area contributed by atoms with Crippen molar-refractivity contribution in [1.82, 2.24) is 0 Å². The van der Waals surface area contributed by atoms with Crippen molar-refractivity contribution in [3.63, 3.8) is 0 Å². The SMILES string of the molecule is c1ccc2c(c1)[se]c1[se]c3ccccc3c12. The first kappa shape index (κ1) is 9.27. The van der Waals surface area contributed by atoms with Crippen LogP contribution in [0.3, 0.4) is 0 Å². The summed E-state index contributed by atoms with van der Waals surface area (Å²) >= 11 is 1.18. The van der Waals surface area contributed by atoms with Crippen LogP contribution in [0.2, 0.25) is 0 Å². The molecule has 16 heavy (non-hydrogen) atoms. The summed E-state index contributed by atoms with van der Waals surface area (Å²) in [6.45, 7) is 0. The van der Waals surface area contributed by atoms with Crippen LogP contribution in [-0.4, -0.2) is 29.0 Å². The standard InChI is InChI=1S/C14H8Se2/c1-3-7-11-9(5-1)13-10-6-2-4-8-12(10)16-14(13)15-11/h1-8H. The molecule has 2 aromatic carbocycles. The first-order chi connectivity index (χ1) is 7.93. The van der Waals surface area contributed by atoms with Crippen LogP contribution in [0, 0.1) is 0 Å². The van der Waals surface area contributed by atoms with Gasteiger partial charge in [-0.3, -0.25) is 0 Å². The third-order valence-corrected chi connectivity index (χ3v) is 8.79. The zero-order valence-electron chi connectivity index (χ0n) is 8.44. The molecule has 0 radical (unpaired) electrons. The summed E-state index contributed by atoms with van der Waals surface area (Å²) in [5, 5.41) is 4.58. The van der Waals surface area contributed by atoms with E-state index in [0.29, 0.717) is 29.0 Å². The summed E-state index contributed by atoms with van der Waals surface area (Å²) in [6.07, 6.45) is 0. The van der Waals surface area contributed by atoms with Gasteiger partial charge in [-0.2, -0.15) is 0 Å². The molecule has 0 nitrogen and oxygen atoms in total. The molecule has 0 fully saturated rings. The predicted octanol–water partition coefficient (Wildman–Crippen LogP) is 3.26. The molecule has 0 N–H and O–H groups in total. The molecule has 0 atom stereocenters. The number of hydrogen-bond donors (Lipinski definition) is 0. The van der Waals surface area contributed by atoms with Gasteiger partial charge in [0, 0.05) is 0 Å². The molecule has 2 aromatic heterocycles. The van der Waals surface area contributed by atoms with Gasteiger partial charge >= 0.3 is 105 Å². The fourth-order valence-electron chi connectivity index (χ4n) is 2.21. The van der Waals surface area contributed by atoms with Gasteiger partial charge in [0.25, 0.3) is 0 Å². The summed E-state index contributed by atoms with van der Waals surface area (Å²) in [5.74, 6) is 0. The second kappa shape index (κ2) is 3.35. The topological polar surface area (TPSA) is 0 Å². The van der Waals surface area contributed by atoms with Crippen LogP contribution < -0.4 is 0 Å². The van der Waals surface area contributed by atoms with E-state index in [1.165, 1.54) is 10.8 Å². The molecule has 2 heteroatoms. The average molecular weight is 334 g/mol. The molecule has 2 heterocycles. The Kier molecular flexibility index (Phi) is 1.94. The average Bonchev–Trinajstić information content (AvgIpc) is 2.83. The van der Waals surface area contributed by atoms with Crippen molar-refractivity contribution in [3.05, 3.63) is 48.5 Å². The van der Waals surface area contributed by atoms with Gasteiger partial charge in [-0.15, -0.1) is 0 Å². The Labute approximate surface area is 105 Å². The summed E-state index contributed by atoms with van der Waals surface area (Å²) in [6, 6.07) is 17.8. The molecule has 0 bridgehead atoms. The fourth-order valence-corrected chi connectivity index (χ4v) is 8.69. The van der Waals surface area contributed by atoms with E-state index >= 15 is 0 Å². The number of rotatable bonds is 0. The summed E-state index contributed by atoms with van der Waals surface area (Å²) in [7, 11) is 0. The van der Waals surface area contributed by atoms with Crippen molar-refractivity contribution < 1.29 is 0 Å². The Hall–Kier alpha value is -0.781. The Morgan fingerprint density at radius 2 is 1.12 bits per heavy atom. The van der Waals surface area contributed by atoms with Gasteiger partial charge in [-0.25, -0.2) is 0 Å². The molecule has 4 aromatic rings. The molecule has 0 unspecified atom stereocenters. The van der Waals surface area contributed by atoms with Crippen LogP contribution in [0.5, 0.6) is 0 Å². The second-order valence-electron chi connectivity index (χ2n) is 3.86. The first-order valence-corrected chi connectivity index (χ1v) is 8.65. The Balaban J connectivity index is 2.38. The van der Waals surface area contributed by atoms with E-state index in [2.05, 4.69) is 48.5 Å². The van der Waals surface area contributed by atoms with Crippen molar-refractivity contribution in [2.75, 3.05) is 0 Å². The van der Waals surface area contributed by atoms with Gasteiger partial charge in [0.1, 0.15) is 0 Å². The maximum atomic E-state index is 2.30. The van der Waals surface area contributed by atoms with Crippen molar-refractivity contribution in [3.8, 4) is 0 Å². The zero-order valence-corrected chi connectivity index (χ0v) is 11.9. The molecule has 0 saturated heterocycles. The van der Waals surface area contributed by atoms with Gasteiger partial charge < -0.3 is 0 Å². The number of benzene rings is 2. The summed E-state index contributed by atoms with van der Waals surface area (Å²) in [4.78, 5) is 0. The Morgan fingerprint density at radius 1 is 0.625 bits per heavy atom. The molecular weight excluding hydrogens is 326 g/mol. The quantitative estimate of drug-likeness (QED) is 0.433. The normalized spacial score (nSPS) is 11.8. The fraction of sp³-hybridized carbons (Fsp3) is 0. The molecule has 0 spiro atoms. The van der Waals surface area contributed by atoms with Gasteiger partial charge in [-0.1, -0.05) is 0 Å².